The lowest BCUT2D eigenvalue weighted by Crippen LogP contribution is -2.37. The van der Waals surface area contributed by atoms with Gasteiger partial charge in [0.1, 0.15) is 0 Å². The Morgan fingerprint density at radius 3 is 2.83 bits per heavy atom. The van der Waals surface area contributed by atoms with Crippen LogP contribution in [-0.4, -0.2) is 24.5 Å². The van der Waals surface area contributed by atoms with Gasteiger partial charge in [-0.3, -0.25) is 0 Å². The van der Waals surface area contributed by atoms with Gasteiger partial charge in [-0.25, -0.2) is 4.79 Å². The fourth-order valence-electron chi connectivity index (χ4n) is 1.69. The molecule has 0 aliphatic heterocycles. The lowest BCUT2D eigenvalue weighted by Gasteiger charge is -2.18. The predicted octanol–water partition coefficient (Wildman–Crippen LogP) is 3.67. The summed E-state index contributed by atoms with van der Waals surface area (Å²) >= 11 is 5.91. The number of halogens is 1. The second-order valence-electron chi connectivity index (χ2n) is 4.43. The zero-order valence-electron chi connectivity index (χ0n) is 11.1. The van der Waals surface area contributed by atoms with Crippen molar-refractivity contribution in [1.29, 1.82) is 0 Å². The lowest BCUT2D eigenvalue weighted by molar-refractivity contribution is 0.206. The highest BCUT2D eigenvalue weighted by Crippen LogP contribution is 2.12. The van der Waals surface area contributed by atoms with Gasteiger partial charge in [0, 0.05) is 25.2 Å². The molecular weight excluding hydrogens is 248 g/mol. The van der Waals surface area contributed by atoms with Crippen molar-refractivity contribution in [1.82, 2.24) is 10.2 Å². The second kappa shape index (κ2) is 7.98. The standard InChI is InChI=1S/C14H21ClN2O/c1-3-4-5-9-16-14(18)17(2)11-12-7-6-8-13(15)10-12/h6-8,10H,3-5,9,11H2,1-2H3,(H,16,18). The number of unbranched alkanes of at least 4 members (excludes halogenated alkanes) is 2. The third kappa shape index (κ3) is 5.41. The van der Waals surface area contributed by atoms with E-state index < -0.39 is 0 Å². The van der Waals surface area contributed by atoms with Crippen LogP contribution in [0, 0.1) is 0 Å². The predicted molar refractivity (Wildman–Crippen MR) is 75.8 cm³/mol. The fraction of sp³-hybridized carbons (Fsp3) is 0.500. The molecule has 0 spiro atoms. The van der Waals surface area contributed by atoms with Crippen LogP contribution in [0.4, 0.5) is 4.79 Å². The zero-order valence-corrected chi connectivity index (χ0v) is 11.8. The zero-order chi connectivity index (χ0) is 13.4. The molecule has 1 aromatic carbocycles. The number of amides is 2. The number of hydrogen-bond donors (Lipinski definition) is 1. The molecule has 2 amide bonds. The van der Waals surface area contributed by atoms with Crippen molar-refractivity contribution >= 4 is 17.6 Å². The van der Waals surface area contributed by atoms with E-state index in [4.69, 9.17) is 11.6 Å². The van der Waals surface area contributed by atoms with Crippen LogP contribution in [0.5, 0.6) is 0 Å². The van der Waals surface area contributed by atoms with Crippen LogP contribution in [-0.2, 0) is 6.54 Å². The van der Waals surface area contributed by atoms with Gasteiger partial charge in [-0.15, -0.1) is 0 Å². The Morgan fingerprint density at radius 2 is 2.17 bits per heavy atom. The first-order valence-corrected chi connectivity index (χ1v) is 6.74. The van der Waals surface area contributed by atoms with Gasteiger partial charge in [0.05, 0.1) is 0 Å². The number of carbonyl (C=O) groups excluding carboxylic acids is 1. The SMILES string of the molecule is CCCCCNC(=O)N(C)Cc1cccc(Cl)c1. The summed E-state index contributed by atoms with van der Waals surface area (Å²) in [6, 6.07) is 7.53. The van der Waals surface area contributed by atoms with E-state index in [1.54, 1.807) is 11.9 Å². The summed E-state index contributed by atoms with van der Waals surface area (Å²) in [6.07, 6.45) is 3.35. The summed E-state index contributed by atoms with van der Waals surface area (Å²) in [4.78, 5) is 13.4. The molecule has 0 aliphatic rings. The van der Waals surface area contributed by atoms with E-state index >= 15 is 0 Å². The number of nitrogens with one attached hydrogen (secondary N) is 1. The van der Waals surface area contributed by atoms with Crippen molar-refractivity contribution in [2.45, 2.75) is 32.7 Å². The maximum Gasteiger partial charge on any atom is 0.317 e. The van der Waals surface area contributed by atoms with Gasteiger partial charge < -0.3 is 10.2 Å². The summed E-state index contributed by atoms with van der Waals surface area (Å²) in [6.45, 7) is 3.46. The van der Waals surface area contributed by atoms with E-state index in [1.807, 2.05) is 24.3 Å². The molecule has 0 unspecified atom stereocenters. The van der Waals surface area contributed by atoms with Crippen molar-refractivity contribution in [3.63, 3.8) is 0 Å². The van der Waals surface area contributed by atoms with Crippen LogP contribution in [0.25, 0.3) is 0 Å². The van der Waals surface area contributed by atoms with E-state index in [9.17, 15) is 4.79 Å². The van der Waals surface area contributed by atoms with Crippen molar-refractivity contribution in [3.8, 4) is 0 Å². The minimum Gasteiger partial charge on any atom is -0.338 e. The molecular formula is C14H21ClN2O. The van der Waals surface area contributed by atoms with Crippen molar-refractivity contribution in [3.05, 3.63) is 34.9 Å². The van der Waals surface area contributed by atoms with E-state index in [-0.39, 0.29) is 6.03 Å². The van der Waals surface area contributed by atoms with Gasteiger partial charge in [0.15, 0.2) is 0 Å². The highest BCUT2D eigenvalue weighted by molar-refractivity contribution is 6.30. The maximum absolute atomic E-state index is 11.8. The molecule has 1 aromatic rings. The summed E-state index contributed by atoms with van der Waals surface area (Å²) in [5, 5.41) is 3.60. The molecule has 1 N–H and O–H groups in total. The molecule has 0 aliphatic carbocycles. The van der Waals surface area contributed by atoms with Crippen LogP contribution in [0.2, 0.25) is 5.02 Å². The summed E-state index contributed by atoms with van der Waals surface area (Å²) in [5.41, 5.74) is 1.04. The smallest absolute Gasteiger partial charge is 0.317 e. The minimum absolute atomic E-state index is 0.0360. The normalized spacial score (nSPS) is 10.2. The largest absolute Gasteiger partial charge is 0.338 e. The summed E-state index contributed by atoms with van der Waals surface area (Å²) in [5.74, 6) is 0. The molecule has 4 heteroatoms. The Kier molecular flexibility index (Phi) is 6.58. The first-order chi connectivity index (χ1) is 8.63. The Bertz CT molecular complexity index is 382. The van der Waals surface area contributed by atoms with Gasteiger partial charge in [-0.2, -0.15) is 0 Å². The number of benzene rings is 1. The van der Waals surface area contributed by atoms with Crippen molar-refractivity contribution in [2.75, 3.05) is 13.6 Å². The second-order valence-corrected chi connectivity index (χ2v) is 4.86. The first kappa shape index (κ1) is 14.8. The summed E-state index contributed by atoms with van der Waals surface area (Å²) < 4.78 is 0. The Balaban J connectivity index is 2.35. The minimum atomic E-state index is -0.0360. The lowest BCUT2D eigenvalue weighted by atomic mass is 10.2. The van der Waals surface area contributed by atoms with Gasteiger partial charge >= 0.3 is 6.03 Å². The van der Waals surface area contributed by atoms with Crippen LogP contribution in [0.1, 0.15) is 31.7 Å². The molecule has 0 atom stereocenters. The van der Waals surface area contributed by atoms with Crippen LogP contribution < -0.4 is 5.32 Å². The van der Waals surface area contributed by atoms with Gasteiger partial charge in [-0.1, -0.05) is 43.5 Å². The van der Waals surface area contributed by atoms with Crippen LogP contribution in [0.3, 0.4) is 0 Å². The molecule has 1 rings (SSSR count). The van der Waals surface area contributed by atoms with E-state index in [2.05, 4.69) is 12.2 Å². The Labute approximate surface area is 114 Å². The number of urea groups is 1. The molecule has 0 saturated heterocycles. The average Bonchev–Trinajstić information content (AvgIpc) is 2.34. The van der Waals surface area contributed by atoms with Crippen molar-refractivity contribution < 1.29 is 4.79 Å². The average molecular weight is 269 g/mol. The Morgan fingerprint density at radius 1 is 1.39 bits per heavy atom. The molecule has 100 valence electrons. The highest BCUT2D eigenvalue weighted by Gasteiger charge is 2.08. The number of nitrogens with zero attached hydrogens (tertiary/aromatic N) is 1. The first-order valence-electron chi connectivity index (χ1n) is 6.37. The molecule has 0 radical (unpaired) electrons. The van der Waals surface area contributed by atoms with Gasteiger partial charge in [-0.05, 0) is 24.1 Å². The van der Waals surface area contributed by atoms with Crippen molar-refractivity contribution in [2.24, 2.45) is 0 Å². The number of carbonyl (C=O) groups is 1. The monoisotopic (exact) mass is 268 g/mol. The van der Waals surface area contributed by atoms with E-state index in [1.165, 1.54) is 0 Å². The Hall–Kier alpha value is -1.22. The molecule has 0 aromatic heterocycles. The maximum atomic E-state index is 11.8. The molecule has 0 saturated carbocycles. The topological polar surface area (TPSA) is 32.3 Å². The molecule has 3 nitrogen and oxygen atoms in total. The third-order valence-corrected chi connectivity index (χ3v) is 2.95. The van der Waals surface area contributed by atoms with E-state index in [0.717, 1.165) is 31.4 Å². The molecule has 0 bridgehead atoms. The quantitative estimate of drug-likeness (QED) is 0.785. The molecule has 0 fully saturated rings. The molecule has 0 heterocycles. The number of rotatable bonds is 6. The molecule has 18 heavy (non-hydrogen) atoms. The van der Waals surface area contributed by atoms with Gasteiger partial charge in [0.25, 0.3) is 0 Å². The van der Waals surface area contributed by atoms with Crippen LogP contribution >= 0.6 is 11.6 Å². The highest BCUT2D eigenvalue weighted by atomic mass is 35.5. The fourth-order valence-corrected chi connectivity index (χ4v) is 1.90. The third-order valence-electron chi connectivity index (χ3n) is 2.71. The van der Waals surface area contributed by atoms with Crippen LogP contribution in [0.15, 0.2) is 24.3 Å². The summed E-state index contributed by atoms with van der Waals surface area (Å²) in [7, 11) is 1.79. The van der Waals surface area contributed by atoms with Gasteiger partial charge in [0.2, 0.25) is 0 Å². The van der Waals surface area contributed by atoms with E-state index in [0.29, 0.717) is 11.6 Å². The number of hydrogen-bond acceptors (Lipinski definition) is 1.